The quantitative estimate of drug-likeness (QED) is 0.899. The Morgan fingerprint density at radius 1 is 1.47 bits per heavy atom. The summed E-state index contributed by atoms with van der Waals surface area (Å²) in [4.78, 5) is 5.30. The van der Waals surface area contributed by atoms with Crippen LogP contribution in [-0.2, 0) is 10.0 Å². The van der Waals surface area contributed by atoms with Crippen LogP contribution in [-0.4, -0.2) is 32.7 Å². The van der Waals surface area contributed by atoms with Crippen LogP contribution in [0.3, 0.4) is 0 Å². The molecule has 2 rings (SSSR count). The number of halogens is 3. The number of thiazole rings is 1. The minimum atomic E-state index is -4.24. The van der Waals surface area contributed by atoms with Gasteiger partial charge in [0.25, 0.3) is 0 Å². The van der Waals surface area contributed by atoms with Crippen molar-refractivity contribution in [3.63, 3.8) is 0 Å². The van der Waals surface area contributed by atoms with E-state index in [-0.39, 0.29) is 22.3 Å². The number of hydrogen-bond acceptors (Lipinski definition) is 5. The highest BCUT2D eigenvalue weighted by molar-refractivity contribution is 7.91. The van der Waals surface area contributed by atoms with Crippen molar-refractivity contribution < 1.29 is 21.6 Å². The fourth-order valence-electron chi connectivity index (χ4n) is 1.95. The highest BCUT2D eigenvalue weighted by Crippen LogP contribution is 2.36. The van der Waals surface area contributed by atoms with E-state index in [0.717, 1.165) is 17.5 Å². The third kappa shape index (κ3) is 3.37. The summed E-state index contributed by atoms with van der Waals surface area (Å²) >= 11 is 0.794. The molecule has 0 aliphatic carbocycles. The van der Waals surface area contributed by atoms with E-state index < -0.39 is 22.1 Å². The Balaban J connectivity index is 2.16. The van der Waals surface area contributed by atoms with Crippen molar-refractivity contribution in [3.05, 3.63) is 6.20 Å². The molecule has 0 saturated carbocycles. The Bertz CT molecular complexity index is 555. The van der Waals surface area contributed by atoms with Crippen LogP contribution in [0.5, 0.6) is 0 Å². The lowest BCUT2D eigenvalue weighted by Gasteiger charge is -2.33. The van der Waals surface area contributed by atoms with Crippen molar-refractivity contribution in [1.29, 1.82) is 0 Å². The van der Waals surface area contributed by atoms with Crippen LogP contribution in [0.15, 0.2) is 10.4 Å². The molecule has 0 radical (unpaired) electrons. The van der Waals surface area contributed by atoms with Crippen molar-refractivity contribution in [1.82, 2.24) is 4.98 Å². The molecule has 1 atom stereocenters. The number of rotatable bonds is 2. The monoisotopic (exact) mass is 315 g/mol. The maximum Gasteiger partial charge on any atom is 0.393 e. The SMILES string of the molecule is NS(=O)(=O)c1cnc(N2CCCC(C(F)(F)F)C2)s1. The van der Waals surface area contributed by atoms with E-state index in [2.05, 4.69) is 4.98 Å². The minimum Gasteiger partial charge on any atom is -0.347 e. The first kappa shape index (κ1) is 14.5. The lowest BCUT2D eigenvalue weighted by Crippen LogP contribution is -2.41. The van der Waals surface area contributed by atoms with Gasteiger partial charge in [-0.2, -0.15) is 13.2 Å². The predicted octanol–water partition coefficient (Wildman–Crippen LogP) is 1.57. The molecule has 1 unspecified atom stereocenters. The third-order valence-electron chi connectivity index (χ3n) is 2.91. The molecule has 1 aromatic rings. The van der Waals surface area contributed by atoms with E-state index in [4.69, 9.17) is 5.14 Å². The molecule has 0 amide bonds. The largest absolute Gasteiger partial charge is 0.393 e. The fourth-order valence-corrected chi connectivity index (χ4v) is 3.52. The second kappa shape index (κ2) is 4.91. The zero-order valence-electron chi connectivity index (χ0n) is 9.72. The highest BCUT2D eigenvalue weighted by atomic mass is 32.2. The number of nitrogens with two attached hydrogens (primary N) is 1. The maximum absolute atomic E-state index is 12.7. The first-order valence-electron chi connectivity index (χ1n) is 5.48. The second-order valence-electron chi connectivity index (χ2n) is 4.33. The molecule has 19 heavy (non-hydrogen) atoms. The van der Waals surface area contributed by atoms with Crippen molar-refractivity contribution in [2.45, 2.75) is 23.2 Å². The Kier molecular flexibility index (Phi) is 3.76. The van der Waals surface area contributed by atoms with Gasteiger partial charge in [0, 0.05) is 13.1 Å². The molecule has 1 saturated heterocycles. The molecule has 1 aliphatic rings. The summed E-state index contributed by atoms with van der Waals surface area (Å²) in [5, 5.41) is 5.20. The maximum atomic E-state index is 12.7. The van der Waals surface area contributed by atoms with Crippen molar-refractivity contribution in [2.24, 2.45) is 11.1 Å². The number of sulfonamides is 1. The van der Waals surface area contributed by atoms with Crippen LogP contribution < -0.4 is 10.0 Å². The van der Waals surface area contributed by atoms with Gasteiger partial charge in [-0.3, -0.25) is 0 Å². The molecular weight excluding hydrogens is 303 g/mol. The van der Waals surface area contributed by atoms with Gasteiger partial charge in [-0.05, 0) is 12.8 Å². The zero-order valence-corrected chi connectivity index (χ0v) is 11.4. The molecule has 2 N–H and O–H groups in total. The van der Waals surface area contributed by atoms with Crippen LogP contribution in [0.4, 0.5) is 18.3 Å². The molecule has 5 nitrogen and oxygen atoms in total. The zero-order chi connectivity index (χ0) is 14.3. The third-order valence-corrected chi connectivity index (χ3v) is 5.37. The number of piperidine rings is 1. The van der Waals surface area contributed by atoms with Gasteiger partial charge in [0.1, 0.15) is 0 Å². The molecule has 0 bridgehead atoms. The first-order valence-corrected chi connectivity index (χ1v) is 7.84. The standard InChI is InChI=1S/C9H12F3N3O2S2/c10-9(11,12)6-2-1-3-15(5-6)8-14-4-7(18-8)19(13,16)17/h4,6H,1-3,5H2,(H2,13,16,17). The van der Waals surface area contributed by atoms with Crippen LogP contribution in [0.25, 0.3) is 0 Å². The van der Waals surface area contributed by atoms with Gasteiger partial charge in [0.15, 0.2) is 9.34 Å². The number of alkyl halides is 3. The average molecular weight is 315 g/mol. The van der Waals surface area contributed by atoms with E-state index in [9.17, 15) is 21.6 Å². The summed E-state index contributed by atoms with van der Waals surface area (Å²) in [6.45, 7) is 0.241. The second-order valence-corrected chi connectivity index (χ2v) is 7.13. The first-order chi connectivity index (χ1) is 8.68. The van der Waals surface area contributed by atoms with Gasteiger partial charge in [-0.15, -0.1) is 0 Å². The molecule has 0 spiro atoms. The van der Waals surface area contributed by atoms with Crippen molar-refractivity contribution in [2.75, 3.05) is 18.0 Å². The van der Waals surface area contributed by atoms with E-state index in [1.165, 1.54) is 4.90 Å². The number of aromatic nitrogens is 1. The van der Waals surface area contributed by atoms with Gasteiger partial charge in [-0.1, -0.05) is 11.3 Å². The number of hydrogen-bond donors (Lipinski definition) is 1. The summed E-state index contributed by atoms with van der Waals surface area (Å²) in [5.74, 6) is -1.40. The molecule has 108 valence electrons. The van der Waals surface area contributed by atoms with Gasteiger partial charge in [-0.25, -0.2) is 18.5 Å². The van der Waals surface area contributed by atoms with Crippen LogP contribution in [0.1, 0.15) is 12.8 Å². The summed E-state index contributed by atoms with van der Waals surface area (Å²) < 4.78 is 60.1. The Hall–Kier alpha value is -0.870. The van der Waals surface area contributed by atoms with E-state index >= 15 is 0 Å². The lowest BCUT2D eigenvalue weighted by molar-refractivity contribution is -0.175. The van der Waals surface area contributed by atoms with Crippen LogP contribution >= 0.6 is 11.3 Å². The van der Waals surface area contributed by atoms with Gasteiger partial charge in [0.05, 0.1) is 12.1 Å². The minimum absolute atomic E-state index is 0.0907. The van der Waals surface area contributed by atoms with Crippen molar-refractivity contribution in [3.8, 4) is 0 Å². The van der Waals surface area contributed by atoms with Crippen LogP contribution in [0, 0.1) is 5.92 Å². The summed E-state index contributed by atoms with van der Waals surface area (Å²) in [5.41, 5.74) is 0. The van der Waals surface area contributed by atoms with E-state index in [1.807, 2.05) is 0 Å². The number of nitrogens with zero attached hydrogens (tertiary/aromatic N) is 2. The van der Waals surface area contributed by atoms with Gasteiger partial charge in [0.2, 0.25) is 10.0 Å². The Morgan fingerprint density at radius 3 is 2.68 bits per heavy atom. The van der Waals surface area contributed by atoms with E-state index in [1.54, 1.807) is 0 Å². The molecule has 2 heterocycles. The van der Waals surface area contributed by atoms with Crippen molar-refractivity contribution >= 4 is 26.5 Å². The Morgan fingerprint density at radius 2 is 2.16 bits per heavy atom. The summed E-state index contributed by atoms with van der Waals surface area (Å²) in [6.07, 6.45) is -2.67. The molecule has 1 aliphatic heterocycles. The predicted molar refractivity (Wildman–Crippen MR) is 64.5 cm³/mol. The normalized spacial score (nSPS) is 21.7. The number of primary sulfonamides is 1. The fraction of sp³-hybridized carbons (Fsp3) is 0.667. The van der Waals surface area contributed by atoms with E-state index in [0.29, 0.717) is 13.0 Å². The molecule has 1 aromatic heterocycles. The Labute approximate surface area is 112 Å². The number of anilines is 1. The molecule has 1 fully saturated rings. The highest BCUT2D eigenvalue weighted by Gasteiger charge is 2.42. The summed E-state index contributed by atoms with van der Waals surface area (Å²) in [6, 6.07) is 0. The molecule has 10 heteroatoms. The molecule has 0 aromatic carbocycles. The average Bonchev–Trinajstić information content (AvgIpc) is 2.77. The summed E-state index contributed by atoms with van der Waals surface area (Å²) in [7, 11) is -3.86. The smallest absolute Gasteiger partial charge is 0.347 e. The molecular formula is C9H12F3N3O2S2. The topological polar surface area (TPSA) is 76.3 Å². The van der Waals surface area contributed by atoms with Gasteiger partial charge >= 0.3 is 6.18 Å². The van der Waals surface area contributed by atoms with Gasteiger partial charge < -0.3 is 4.90 Å². The lowest BCUT2D eigenvalue weighted by atomic mass is 9.98. The van der Waals surface area contributed by atoms with Crippen LogP contribution in [0.2, 0.25) is 0 Å².